The Hall–Kier alpha value is -1.71. The quantitative estimate of drug-likeness (QED) is 0.914. The van der Waals surface area contributed by atoms with E-state index in [1.54, 1.807) is 7.11 Å². The lowest BCUT2D eigenvalue weighted by Gasteiger charge is -2.23. The first-order valence-electron chi connectivity index (χ1n) is 6.52. The van der Waals surface area contributed by atoms with E-state index >= 15 is 0 Å². The molecule has 0 bridgehead atoms. The third kappa shape index (κ3) is 3.24. The highest BCUT2D eigenvalue weighted by atomic mass is 35.5. The van der Waals surface area contributed by atoms with Crippen LogP contribution in [0.2, 0.25) is 5.02 Å². The number of hydrogen-bond acceptors (Lipinski definition) is 3. The highest BCUT2D eigenvalue weighted by Gasteiger charge is 2.10. The third-order valence-electron chi connectivity index (χ3n) is 3.28. The van der Waals surface area contributed by atoms with Gasteiger partial charge in [0.1, 0.15) is 5.75 Å². The van der Waals surface area contributed by atoms with Crippen LogP contribution in [0.15, 0.2) is 42.5 Å². The van der Waals surface area contributed by atoms with Gasteiger partial charge in [-0.2, -0.15) is 0 Å². The van der Waals surface area contributed by atoms with Gasteiger partial charge in [-0.15, -0.1) is 0 Å². The van der Waals surface area contributed by atoms with Gasteiger partial charge >= 0.3 is 0 Å². The highest BCUT2D eigenvalue weighted by molar-refractivity contribution is 6.30. The highest BCUT2D eigenvalue weighted by Crippen LogP contribution is 2.30. The summed E-state index contributed by atoms with van der Waals surface area (Å²) in [6.07, 6.45) is 0.826. The van der Waals surface area contributed by atoms with Crippen molar-refractivity contribution in [3.8, 4) is 5.75 Å². The number of nitrogens with zero attached hydrogens (tertiary/aromatic N) is 1. The minimum Gasteiger partial charge on any atom is -0.497 e. The van der Waals surface area contributed by atoms with Gasteiger partial charge in [0, 0.05) is 23.4 Å². The van der Waals surface area contributed by atoms with Crippen molar-refractivity contribution in [2.75, 3.05) is 25.6 Å². The molecule has 0 saturated carbocycles. The summed E-state index contributed by atoms with van der Waals surface area (Å²) in [6.45, 7) is 0.616. The Balaban J connectivity index is 2.35. The van der Waals surface area contributed by atoms with Crippen molar-refractivity contribution in [3.63, 3.8) is 0 Å². The Morgan fingerprint density at radius 3 is 2.45 bits per heavy atom. The number of nitrogens with two attached hydrogens (primary N) is 1. The van der Waals surface area contributed by atoms with E-state index in [0.717, 1.165) is 28.6 Å². The zero-order valence-corrected chi connectivity index (χ0v) is 12.5. The fraction of sp³-hybridized carbons (Fsp3) is 0.250. The lowest BCUT2D eigenvalue weighted by molar-refractivity contribution is 0.415. The second kappa shape index (κ2) is 6.64. The van der Waals surface area contributed by atoms with E-state index in [1.807, 2.05) is 49.5 Å². The normalized spacial score (nSPS) is 10.4. The van der Waals surface area contributed by atoms with E-state index in [1.165, 1.54) is 5.56 Å². The van der Waals surface area contributed by atoms with Gasteiger partial charge in [-0.05, 0) is 54.9 Å². The first kappa shape index (κ1) is 14.7. The molecule has 0 aliphatic rings. The predicted octanol–water partition coefficient (Wildman–Crippen LogP) is 3.62. The van der Waals surface area contributed by atoms with Crippen molar-refractivity contribution in [1.29, 1.82) is 0 Å². The van der Waals surface area contributed by atoms with Crippen LogP contribution in [0.1, 0.15) is 5.56 Å². The van der Waals surface area contributed by atoms with Gasteiger partial charge in [0.15, 0.2) is 0 Å². The molecule has 0 unspecified atom stereocenters. The molecule has 4 heteroatoms. The van der Waals surface area contributed by atoms with E-state index < -0.39 is 0 Å². The van der Waals surface area contributed by atoms with Gasteiger partial charge in [-0.1, -0.05) is 17.7 Å². The molecule has 0 atom stereocenters. The standard InChI is InChI=1S/C16H19ClN2O/c1-19(14-5-7-15(20-2)8-6-14)16-11-13(17)4-3-12(16)9-10-18/h3-8,11H,9-10,18H2,1-2H3. The van der Waals surface area contributed by atoms with Crippen LogP contribution >= 0.6 is 11.6 Å². The number of halogens is 1. The lowest BCUT2D eigenvalue weighted by Crippen LogP contribution is -2.13. The Bertz CT molecular complexity index is 569. The Morgan fingerprint density at radius 1 is 1.15 bits per heavy atom. The molecule has 0 saturated heterocycles. The molecule has 0 spiro atoms. The number of anilines is 2. The molecule has 0 heterocycles. The Labute approximate surface area is 124 Å². The van der Waals surface area contributed by atoms with Gasteiger partial charge in [-0.3, -0.25) is 0 Å². The Morgan fingerprint density at radius 2 is 1.85 bits per heavy atom. The van der Waals surface area contributed by atoms with Gasteiger partial charge in [-0.25, -0.2) is 0 Å². The summed E-state index contributed by atoms with van der Waals surface area (Å²) >= 11 is 6.12. The molecule has 0 aliphatic carbocycles. The molecule has 0 radical (unpaired) electrons. The molecule has 3 nitrogen and oxygen atoms in total. The van der Waals surface area contributed by atoms with Crippen molar-refractivity contribution in [3.05, 3.63) is 53.1 Å². The molecular formula is C16H19ClN2O. The van der Waals surface area contributed by atoms with Crippen LogP contribution in [0, 0.1) is 0 Å². The fourth-order valence-corrected chi connectivity index (χ4v) is 2.33. The van der Waals surface area contributed by atoms with Crippen molar-refractivity contribution in [1.82, 2.24) is 0 Å². The van der Waals surface area contributed by atoms with Crippen molar-refractivity contribution in [2.45, 2.75) is 6.42 Å². The largest absolute Gasteiger partial charge is 0.497 e. The molecule has 20 heavy (non-hydrogen) atoms. The number of ether oxygens (including phenoxy) is 1. The maximum Gasteiger partial charge on any atom is 0.119 e. The number of benzene rings is 2. The molecule has 0 fully saturated rings. The first-order chi connectivity index (χ1) is 9.65. The molecule has 2 aromatic rings. The van der Waals surface area contributed by atoms with Gasteiger partial charge in [0.05, 0.1) is 7.11 Å². The van der Waals surface area contributed by atoms with Crippen LogP contribution in [0.3, 0.4) is 0 Å². The zero-order chi connectivity index (χ0) is 14.5. The average Bonchev–Trinajstić information content (AvgIpc) is 2.48. The van der Waals surface area contributed by atoms with Crippen LogP contribution in [-0.4, -0.2) is 20.7 Å². The van der Waals surface area contributed by atoms with Crippen molar-refractivity contribution >= 4 is 23.0 Å². The fourth-order valence-electron chi connectivity index (χ4n) is 2.16. The Kier molecular flexibility index (Phi) is 4.88. The molecule has 0 amide bonds. The van der Waals surface area contributed by atoms with Crippen LogP contribution in [0.4, 0.5) is 11.4 Å². The van der Waals surface area contributed by atoms with E-state index in [0.29, 0.717) is 6.54 Å². The number of methoxy groups -OCH3 is 1. The number of rotatable bonds is 5. The van der Waals surface area contributed by atoms with E-state index in [-0.39, 0.29) is 0 Å². The molecule has 0 aromatic heterocycles. The van der Waals surface area contributed by atoms with Crippen LogP contribution < -0.4 is 15.4 Å². The summed E-state index contributed by atoms with van der Waals surface area (Å²) < 4.78 is 5.18. The zero-order valence-electron chi connectivity index (χ0n) is 11.8. The molecular weight excluding hydrogens is 272 g/mol. The first-order valence-corrected chi connectivity index (χ1v) is 6.89. The average molecular weight is 291 g/mol. The second-order valence-electron chi connectivity index (χ2n) is 4.57. The van der Waals surface area contributed by atoms with Gasteiger partial charge < -0.3 is 15.4 Å². The van der Waals surface area contributed by atoms with E-state index in [4.69, 9.17) is 22.1 Å². The van der Waals surface area contributed by atoms with Crippen molar-refractivity contribution in [2.24, 2.45) is 5.73 Å². The summed E-state index contributed by atoms with van der Waals surface area (Å²) in [5.41, 5.74) is 9.02. The van der Waals surface area contributed by atoms with Crippen LogP contribution in [-0.2, 0) is 6.42 Å². The minimum absolute atomic E-state index is 0.616. The molecule has 2 aromatic carbocycles. The van der Waals surface area contributed by atoms with E-state index in [9.17, 15) is 0 Å². The summed E-state index contributed by atoms with van der Waals surface area (Å²) in [5, 5.41) is 0.723. The molecule has 2 rings (SSSR count). The third-order valence-corrected chi connectivity index (χ3v) is 3.52. The topological polar surface area (TPSA) is 38.5 Å². The minimum atomic E-state index is 0.616. The molecule has 2 N–H and O–H groups in total. The van der Waals surface area contributed by atoms with Crippen LogP contribution in [0.25, 0.3) is 0 Å². The van der Waals surface area contributed by atoms with Gasteiger partial charge in [0.2, 0.25) is 0 Å². The van der Waals surface area contributed by atoms with E-state index in [2.05, 4.69) is 4.90 Å². The lowest BCUT2D eigenvalue weighted by atomic mass is 10.1. The smallest absolute Gasteiger partial charge is 0.119 e. The maximum atomic E-state index is 6.12. The van der Waals surface area contributed by atoms with Crippen molar-refractivity contribution < 1.29 is 4.74 Å². The summed E-state index contributed by atoms with van der Waals surface area (Å²) in [6, 6.07) is 13.8. The summed E-state index contributed by atoms with van der Waals surface area (Å²) in [4.78, 5) is 2.11. The van der Waals surface area contributed by atoms with Gasteiger partial charge in [0.25, 0.3) is 0 Å². The summed E-state index contributed by atoms with van der Waals surface area (Å²) in [5.74, 6) is 0.843. The van der Waals surface area contributed by atoms with Crippen LogP contribution in [0.5, 0.6) is 5.75 Å². The number of hydrogen-bond donors (Lipinski definition) is 1. The predicted molar refractivity (Wildman–Crippen MR) is 85.3 cm³/mol. The molecule has 0 aliphatic heterocycles. The summed E-state index contributed by atoms with van der Waals surface area (Å²) in [7, 11) is 3.68. The SMILES string of the molecule is COc1ccc(N(C)c2cc(Cl)ccc2CCN)cc1. The molecule has 106 valence electrons. The monoisotopic (exact) mass is 290 g/mol. The maximum absolute atomic E-state index is 6.12. The second-order valence-corrected chi connectivity index (χ2v) is 5.01.